The Bertz CT molecular complexity index is 675. The van der Waals surface area contributed by atoms with Crippen molar-refractivity contribution in [3.05, 3.63) is 42.2 Å². The maximum atomic E-state index is 13.1. The van der Waals surface area contributed by atoms with E-state index in [1.807, 2.05) is 0 Å². The highest BCUT2D eigenvalue weighted by Gasteiger charge is 2.67. The van der Waals surface area contributed by atoms with Crippen LogP contribution in [-0.4, -0.2) is 44.6 Å². The summed E-state index contributed by atoms with van der Waals surface area (Å²) in [6, 6.07) is 6.20. The minimum atomic E-state index is -4.40. The van der Waals surface area contributed by atoms with Gasteiger partial charge in [0.15, 0.2) is 0 Å². The van der Waals surface area contributed by atoms with Gasteiger partial charge in [0.25, 0.3) is 5.91 Å². The molecule has 5 nitrogen and oxygen atoms in total. The van der Waals surface area contributed by atoms with Gasteiger partial charge in [0, 0.05) is 12.6 Å². The van der Waals surface area contributed by atoms with Gasteiger partial charge in [-0.25, -0.2) is 4.68 Å². The molecule has 0 saturated heterocycles. The topological polar surface area (TPSA) is 51.0 Å². The molecule has 3 rings (SSSR count). The zero-order chi connectivity index (χ0) is 16.0. The van der Waals surface area contributed by atoms with Crippen LogP contribution >= 0.6 is 0 Å². The van der Waals surface area contributed by atoms with Crippen molar-refractivity contribution in [3.8, 4) is 5.69 Å². The van der Waals surface area contributed by atoms with Crippen LogP contribution in [0.5, 0.6) is 0 Å². The fourth-order valence-corrected chi connectivity index (χ4v) is 2.42. The molecule has 1 aromatic heterocycles. The van der Waals surface area contributed by atoms with Crippen LogP contribution in [0, 0.1) is 0 Å². The number of alkyl halides is 3. The molecule has 0 N–H and O–H groups in total. The second-order valence-electron chi connectivity index (χ2n) is 5.29. The molecule has 2 aromatic rings. The third kappa shape index (κ3) is 2.24. The molecular formula is C14H13F3N4O. The van der Waals surface area contributed by atoms with Gasteiger partial charge in [0.2, 0.25) is 0 Å². The van der Waals surface area contributed by atoms with Gasteiger partial charge in [0.05, 0.1) is 18.1 Å². The van der Waals surface area contributed by atoms with Gasteiger partial charge in [-0.3, -0.25) is 4.79 Å². The van der Waals surface area contributed by atoms with Crippen LogP contribution in [0.2, 0.25) is 0 Å². The molecule has 1 aliphatic rings. The Labute approximate surface area is 124 Å². The lowest BCUT2D eigenvalue weighted by atomic mass is 10.1. The SMILES string of the molecule is CN(C(=O)c1ccc(-n2ccnn2)cc1)C1(C(F)(F)F)CC1. The van der Waals surface area contributed by atoms with E-state index in [1.165, 1.54) is 30.1 Å². The summed E-state index contributed by atoms with van der Waals surface area (Å²) in [5.41, 5.74) is -1.12. The van der Waals surface area contributed by atoms with Crippen molar-refractivity contribution in [2.24, 2.45) is 0 Å². The van der Waals surface area contributed by atoms with Crippen molar-refractivity contribution in [1.29, 1.82) is 0 Å². The molecule has 0 spiro atoms. The second-order valence-corrected chi connectivity index (χ2v) is 5.29. The van der Waals surface area contributed by atoms with Crippen molar-refractivity contribution in [3.63, 3.8) is 0 Å². The largest absolute Gasteiger partial charge is 0.411 e. The molecule has 22 heavy (non-hydrogen) atoms. The summed E-state index contributed by atoms with van der Waals surface area (Å²) in [6.45, 7) is 0. The van der Waals surface area contributed by atoms with Gasteiger partial charge in [-0.2, -0.15) is 13.2 Å². The number of amides is 1. The van der Waals surface area contributed by atoms with Crippen LogP contribution in [0.4, 0.5) is 13.2 Å². The molecule has 1 saturated carbocycles. The van der Waals surface area contributed by atoms with Gasteiger partial charge < -0.3 is 4.90 Å². The average Bonchev–Trinajstić information content (AvgIpc) is 3.15. The van der Waals surface area contributed by atoms with Crippen molar-refractivity contribution in [1.82, 2.24) is 19.9 Å². The zero-order valence-electron chi connectivity index (χ0n) is 11.7. The maximum absolute atomic E-state index is 13.1. The molecule has 116 valence electrons. The molecule has 8 heteroatoms. The van der Waals surface area contributed by atoms with E-state index < -0.39 is 17.6 Å². The molecule has 1 aromatic carbocycles. The number of rotatable bonds is 3. The monoisotopic (exact) mass is 310 g/mol. The Morgan fingerprint density at radius 3 is 2.36 bits per heavy atom. The van der Waals surface area contributed by atoms with E-state index in [-0.39, 0.29) is 18.4 Å². The first-order chi connectivity index (χ1) is 10.3. The lowest BCUT2D eigenvalue weighted by molar-refractivity contribution is -0.185. The van der Waals surface area contributed by atoms with Crippen LogP contribution in [0.1, 0.15) is 23.2 Å². The zero-order valence-corrected chi connectivity index (χ0v) is 11.7. The molecule has 0 bridgehead atoms. The summed E-state index contributed by atoms with van der Waals surface area (Å²) in [5, 5.41) is 7.46. The lowest BCUT2D eigenvalue weighted by Gasteiger charge is -2.30. The summed E-state index contributed by atoms with van der Waals surface area (Å²) in [6.07, 6.45) is -1.36. The Morgan fingerprint density at radius 1 is 1.27 bits per heavy atom. The van der Waals surface area contributed by atoms with E-state index in [0.29, 0.717) is 5.69 Å². The van der Waals surface area contributed by atoms with Crippen molar-refractivity contribution < 1.29 is 18.0 Å². The molecule has 1 aliphatic carbocycles. The van der Waals surface area contributed by atoms with Crippen molar-refractivity contribution in [2.75, 3.05) is 7.05 Å². The fourth-order valence-electron chi connectivity index (χ4n) is 2.42. The predicted octanol–water partition coefficient (Wildman–Crippen LogP) is 2.43. The van der Waals surface area contributed by atoms with Crippen LogP contribution in [0.15, 0.2) is 36.7 Å². The number of hydrogen-bond donors (Lipinski definition) is 0. The molecule has 0 aliphatic heterocycles. The normalized spacial score (nSPS) is 16.4. The summed E-state index contributed by atoms with van der Waals surface area (Å²) in [4.78, 5) is 13.1. The highest BCUT2D eigenvalue weighted by atomic mass is 19.4. The standard InChI is InChI=1S/C14H13F3N4O/c1-20(13(6-7-13)14(15,16)17)12(22)10-2-4-11(5-3-10)21-9-8-18-19-21/h2-5,8-9H,6-7H2,1H3. The predicted molar refractivity (Wildman–Crippen MR) is 71.5 cm³/mol. The third-order valence-corrected chi connectivity index (χ3v) is 4.00. The number of benzene rings is 1. The molecule has 0 radical (unpaired) electrons. The smallest absolute Gasteiger partial charge is 0.327 e. The number of halogens is 3. The Kier molecular flexibility index (Phi) is 3.19. The van der Waals surface area contributed by atoms with Gasteiger partial charge in [-0.1, -0.05) is 5.21 Å². The minimum Gasteiger partial charge on any atom is -0.327 e. The van der Waals surface area contributed by atoms with E-state index >= 15 is 0 Å². The average molecular weight is 310 g/mol. The summed E-state index contributed by atoms with van der Waals surface area (Å²) < 4.78 is 40.7. The maximum Gasteiger partial charge on any atom is 0.411 e. The molecule has 1 heterocycles. The van der Waals surface area contributed by atoms with E-state index in [0.717, 1.165) is 4.90 Å². The number of hydrogen-bond acceptors (Lipinski definition) is 3. The van der Waals surface area contributed by atoms with Crippen LogP contribution < -0.4 is 0 Å². The van der Waals surface area contributed by atoms with Crippen molar-refractivity contribution in [2.45, 2.75) is 24.6 Å². The van der Waals surface area contributed by atoms with Gasteiger partial charge >= 0.3 is 6.18 Å². The highest BCUT2D eigenvalue weighted by molar-refractivity contribution is 5.95. The van der Waals surface area contributed by atoms with Gasteiger partial charge in [-0.05, 0) is 37.1 Å². The van der Waals surface area contributed by atoms with Crippen LogP contribution in [0.3, 0.4) is 0 Å². The highest BCUT2D eigenvalue weighted by Crippen LogP contribution is 2.53. The first kappa shape index (κ1) is 14.6. The first-order valence-corrected chi connectivity index (χ1v) is 6.67. The fraction of sp³-hybridized carbons (Fsp3) is 0.357. The molecular weight excluding hydrogens is 297 g/mol. The quantitative estimate of drug-likeness (QED) is 0.875. The van der Waals surface area contributed by atoms with Crippen LogP contribution in [0.25, 0.3) is 5.69 Å². The van der Waals surface area contributed by atoms with E-state index in [4.69, 9.17) is 0 Å². The number of nitrogens with zero attached hydrogens (tertiary/aromatic N) is 4. The Hall–Kier alpha value is -2.38. The minimum absolute atomic E-state index is 0.0459. The number of carbonyl (C=O) groups excluding carboxylic acids is 1. The molecule has 1 fully saturated rings. The van der Waals surface area contributed by atoms with E-state index in [9.17, 15) is 18.0 Å². The Balaban J connectivity index is 1.81. The number of aromatic nitrogens is 3. The third-order valence-electron chi connectivity index (χ3n) is 4.00. The first-order valence-electron chi connectivity index (χ1n) is 6.67. The van der Waals surface area contributed by atoms with E-state index in [1.54, 1.807) is 18.3 Å². The number of carbonyl (C=O) groups is 1. The summed E-state index contributed by atoms with van der Waals surface area (Å²) in [7, 11) is 1.20. The Morgan fingerprint density at radius 2 is 1.91 bits per heavy atom. The van der Waals surface area contributed by atoms with Gasteiger partial charge in [-0.15, -0.1) is 5.10 Å². The molecule has 1 amide bonds. The molecule has 0 atom stereocenters. The summed E-state index contributed by atoms with van der Waals surface area (Å²) >= 11 is 0. The summed E-state index contributed by atoms with van der Waals surface area (Å²) in [5.74, 6) is -0.639. The van der Waals surface area contributed by atoms with Crippen molar-refractivity contribution >= 4 is 5.91 Å². The van der Waals surface area contributed by atoms with Crippen LogP contribution in [-0.2, 0) is 0 Å². The van der Waals surface area contributed by atoms with Gasteiger partial charge in [0.1, 0.15) is 5.54 Å². The molecule has 0 unspecified atom stereocenters. The lowest BCUT2D eigenvalue weighted by Crippen LogP contribution is -2.49. The second kappa shape index (κ2) is 4.82. The van der Waals surface area contributed by atoms with E-state index in [2.05, 4.69) is 10.3 Å².